The van der Waals surface area contributed by atoms with Crippen LogP contribution in [0.5, 0.6) is 5.75 Å². The summed E-state index contributed by atoms with van der Waals surface area (Å²) in [7, 11) is 0. The number of aromatic amines is 1. The van der Waals surface area contributed by atoms with Crippen molar-refractivity contribution in [2.45, 2.75) is 64.4 Å². The Labute approximate surface area is 219 Å². The van der Waals surface area contributed by atoms with Crippen LogP contribution in [0.15, 0.2) is 34.9 Å². The molecule has 2 aromatic heterocycles. The number of β-amino-alcohol motifs (C(OH)–C–C–N with tert-alkyl or cyclic N) is 1. The maximum Gasteiger partial charge on any atom is 0.256 e. The van der Waals surface area contributed by atoms with E-state index in [0.717, 1.165) is 6.21 Å². The summed E-state index contributed by atoms with van der Waals surface area (Å²) in [6.45, 7) is 5.68. The van der Waals surface area contributed by atoms with E-state index in [0.29, 0.717) is 69.9 Å². The second kappa shape index (κ2) is 10.1. The summed E-state index contributed by atoms with van der Waals surface area (Å²) in [4.78, 5) is 30.7. The van der Waals surface area contributed by atoms with Gasteiger partial charge in [-0.2, -0.15) is 0 Å². The second-order valence-electron chi connectivity index (χ2n) is 10.1. The number of carbonyl (C=O) groups is 2. The number of aromatic nitrogens is 1. The SMILES string of the molecule is Cc1oc2cc(O/C(=C/C=N)c3[nH]cc(C(=O)N4CC(O)C[C@H]4C)c3C)ccc2c1C(=O)N[C@@H]1CCC1F. The number of likely N-dealkylation sites (tertiary alicyclic amines) is 1. The van der Waals surface area contributed by atoms with E-state index in [2.05, 4.69) is 10.3 Å². The lowest BCUT2D eigenvalue weighted by Gasteiger charge is -2.30. The van der Waals surface area contributed by atoms with Crippen LogP contribution in [-0.4, -0.2) is 63.9 Å². The van der Waals surface area contributed by atoms with Crippen LogP contribution in [0, 0.1) is 19.3 Å². The zero-order valence-corrected chi connectivity index (χ0v) is 21.5. The number of aryl methyl sites for hydroxylation is 1. The van der Waals surface area contributed by atoms with Gasteiger partial charge in [-0.1, -0.05) is 0 Å². The first-order chi connectivity index (χ1) is 18.2. The molecule has 1 aliphatic heterocycles. The third kappa shape index (κ3) is 4.60. The molecule has 38 heavy (non-hydrogen) atoms. The van der Waals surface area contributed by atoms with Crippen molar-refractivity contribution in [3.8, 4) is 5.75 Å². The van der Waals surface area contributed by atoms with Gasteiger partial charge >= 0.3 is 0 Å². The number of rotatable bonds is 7. The number of halogens is 1. The van der Waals surface area contributed by atoms with Gasteiger partial charge in [0.2, 0.25) is 0 Å². The van der Waals surface area contributed by atoms with Crippen molar-refractivity contribution in [3.63, 3.8) is 0 Å². The lowest BCUT2D eigenvalue weighted by atomic mass is 9.90. The van der Waals surface area contributed by atoms with Crippen LogP contribution in [0.2, 0.25) is 0 Å². The molecule has 9 nitrogen and oxygen atoms in total. The number of aliphatic hydroxyl groups is 1. The van der Waals surface area contributed by atoms with E-state index in [-0.39, 0.29) is 24.4 Å². The van der Waals surface area contributed by atoms with Crippen molar-refractivity contribution < 1.29 is 28.2 Å². The highest BCUT2D eigenvalue weighted by molar-refractivity contribution is 6.07. The fraction of sp³-hybridized carbons (Fsp3) is 0.393. The highest BCUT2D eigenvalue weighted by atomic mass is 19.1. The number of benzene rings is 1. The van der Waals surface area contributed by atoms with E-state index in [1.807, 2.05) is 6.92 Å². The molecule has 2 fully saturated rings. The number of carbonyl (C=O) groups excluding carboxylic acids is 2. The van der Waals surface area contributed by atoms with Gasteiger partial charge in [-0.15, -0.1) is 0 Å². The molecule has 0 spiro atoms. The number of alkyl halides is 1. The Morgan fingerprint density at radius 2 is 2.11 bits per heavy atom. The highest BCUT2D eigenvalue weighted by Crippen LogP contribution is 2.33. The van der Waals surface area contributed by atoms with Gasteiger partial charge < -0.3 is 34.9 Å². The van der Waals surface area contributed by atoms with Crippen LogP contribution in [0.3, 0.4) is 0 Å². The van der Waals surface area contributed by atoms with E-state index < -0.39 is 18.3 Å². The summed E-state index contributed by atoms with van der Waals surface area (Å²) >= 11 is 0. The van der Waals surface area contributed by atoms with Gasteiger partial charge in [-0.05, 0) is 57.7 Å². The summed E-state index contributed by atoms with van der Waals surface area (Å²) in [6.07, 6.45) is 4.23. The Morgan fingerprint density at radius 3 is 2.74 bits per heavy atom. The number of allylic oxidation sites excluding steroid dienone is 1. The zero-order chi connectivity index (χ0) is 27.1. The molecule has 200 valence electrons. The lowest BCUT2D eigenvalue weighted by Crippen LogP contribution is -2.48. The minimum absolute atomic E-state index is 0.0642. The Morgan fingerprint density at radius 1 is 1.32 bits per heavy atom. The van der Waals surface area contributed by atoms with Crippen molar-refractivity contribution in [2.75, 3.05) is 6.54 Å². The number of H-pyrrole nitrogens is 1. The number of hydrogen-bond donors (Lipinski definition) is 4. The van der Waals surface area contributed by atoms with Crippen LogP contribution in [-0.2, 0) is 0 Å². The number of furan rings is 1. The molecule has 2 unspecified atom stereocenters. The quantitative estimate of drug-likeness (QED) is 0.272. The molecule has 10 heteroatoms. The molecule has 1 aliphatic carbocycles. The van der Waals surface area contributed by atoms with Gasteiger partial charge in [0.05, 0.1) is 29.0 Å². The summed E-state index contributed by atoms with van der Waals surface area (Å²) in [5.74, 6) is 0.607. The predicted octanol–water partition coefficient (Wildman–Crippen LogP) is 4.27. The molecule has 2 aliphatic rings. The van der Waals surface area contributed by atoms with Gasteiger partial charge in [0.25, 0.3) is 11.8 Å². The van der Waals surface area contributed by atoms with E-state index in [9.17, 15) is 19.1 Å². The van der Waals surface area contributed by atoms with Crippen LogP contribution >= 0.6 is 0 Å². The van der Waals surface area contributed by atoms with E-state index in [1.54, 1.807) is 43.1 Å². The smallest absolute Gasteiger partial charge is 0.256 e. The maximum atomic E-state index is 13.7. The largest absolute Gasteiger partial charge is 0.460 e. The number of fused-ring (bicyclic) bond motifs is 1. The van der Waals surface area contributed by atoms with Gasteiger partial charge in [0.15, 0.2) is 5.76 Å². The molecule has 1 saturated carbocycles. The lowest BCUT2D eigenvalue weighted by molar-refractivity contribution is 0.0725. The Balaban J connectivity index is 1.38. The first-order valence-corrected chi connectivity index (χ1v) is 12.7. The standard InChI is InChI=1S/C28H31FN4O5/c1-14-10-17(34)13-33(14)28(36)20-12-31-26(15(20)2)23(8-9-30)38-18-4-5-19-24(11-18)37-16(3)25(19)27(35)32-22-7-6-21(22)29/h4-5,8-9,11-12,14,17,21-22,30-31,34H,6-7,10,13H2,1-3H3,(H,32,35)/b23-8+,30-9?/t14-,17?,21?,22-/m1/s1. The Hall–Kier alpha value is -3.92. The van der Waals surface area contributed by atoms with Gasteiger partial charge in [-0.3, -0.25) is 9.59 Å². The number of nitrogens with zero attached hydrogens (tertiary/aromatic N) is 1. The van der Waals surface area contributed by atoms with Crippen molar-refractivity contribution in [1.82, 2.24) is 15.2 Å². The van der Waals surface area contributed by atoms with Gasteiger partial charge in [0.1, 0.15) is 23.3 Å². The molecule has 5 rings (SSSR count). The molecular formula is C28H31FN4O5. The molecular weight excluding hydrogens is 491 g/mol. The number of nitrogens with one attached hydrogen (secondary N) is 3. The fourth-order valence-electron chi connectivity index (χ4n) is 5.19. The molecule has 4 atom stereocenters. The maximum absolute atomic E-state index is 13.7. The number of ether oxygens (including phenoxy) is 1. The molecule has 3 aromatic rings. The van der Waals surface area contributed by atoms with Crippen molar-refractivity contribution in [2.24, 2.45) is 0 Å². The summed E-state index contributed by atoms with van der Waals surface area (Å²) in [5, 5.41) is 20.9. The number of amides is 2. The van der Waals surface area contributed by atoms with E-state index >= 15 is 0 Å². The van der Waals surface area contributed by atoms with Crippen LogP contribution in [0.25, 0.3) is 16.7 Å². The average Bonchev–Trinajstić information content (AvgIpc) is 3.53. The van der Waals surface area contributed by atoms with E-state index in [1.165, 1.54) is 6.08 Å². The zero-order valence-electron chi connectivity index (χ0n) is 21.5. The molecule has 1 aromatic carbocycles. The minimum Gasteiger partial charge on any atom is -0.460 e. The Kier molecular flexibility index (Phi) is 6.83. The third-order valence-electron chi connectivity index (χ3n) is 7.46. The van der Waals surface area contributed by atoms with Crippen LogP contribution in [0.4, 0.5) is 4.39 Å². The topological polar surface area (TPSA) is 132 Å². The molecule has 0 bridgehead atoms. The summed E-state index contributed by atoms with van der Waals surface area (Å²) < 4.78 is 25.6. The number of aliphatic hydroxyl groups excluding tert-OH is 1. The second-order valence-corrected chi connectivity index (χ2v) is 10.1. The van der Waals surface area contributed by atoms with Gasteiger partial charge in [0, 0.05) is 42.5 Å². The molecule has 0 radical (unpaired) electrons. The minimum atomic E-state index is -1.02. The van der Waals surface area contributed by atoms with Crippen molar-refractivity contribution in [1.29, 1.82) is 5.41 Å². The normalized spacial score (nSPS) is 23.4. The third-order valence-corrected chi connectivity index (χ3v) is 7.46. The summed E-state index contributed by atoms with van der Waals surface area (Å²) in [6, 6.07) is 4.51. The van der Waals surface area contributed by atoms with E-state index in [4.69, 9.17) is 14.6 Å². The number of hydrogen-bond acceptors (Lipinski definition) is 6. The molecule has 4 N–H and O–H groups in total. The average molecular weight is 523 g/mol. The van der Waals surface area contributed by atoms with Crippen LogP contribution < -0.4 is 10.1 Å². The highest BCUT2D eigenvalue weighted by Gasteiger charge is 2.34. The Bertz CT molecular complexity index is 1440. The first-order valence-electron chi connectivity index (χ1n) is 12.7. The van der Waals surface area contributed by atoms with Crippen LogP contribution in [0.1, 0.15) is 63.9 Å². The monoisotopic (exact) mass is 522 g/mol. The summed E-state index contributed by atoms with van der Waals surface area (Å²) in [5.41, 5.74) is 2.47. The van der Waals surface area contributed by atoms with Crippen molar-refractivity contribution in [3.05, 3.63) is 58.6 Å². The molecule has 1 saturated heterocycles. The van der Waals surface area contributed by atoms with Crippen molar-refractivity contribution >= 4 is 34.8 Å². The first kappa shape index (κ1) is 25.7. The predicted molar refractivity (Wildman–Crippen MR) is 140 cm³/mol. The molecule has 3 heterocycles. The molecule has 2 amide bonds. The van der Waals surface area contributed by atoms with Gasteiger partial charge in [-0.25, -0.2) is 4.39 Å². The fourth-order valence-corrected chi connectivity index (χ4v) is 5.19.